The monoisotopic (exact) mass is 212 g/mol. The van der Waals surface area contributed by atoms with Crippen molar-refractivity contribution in [1.29, 1.82) is 0 Å². The Balaban J connectivity index is 2.46. The fraction of sp³-hybridized carbons (Fsp3) is 0.909. The molecule has 0 bridgehead atoms. The van der Waals surface area contributed by atoms with Crippen molar-refractivity contribution < 1.29 is 0 Å². The Morgan fingerprint density at radius 1 is 1.40 bits per heavy atom. The summed E-state index contributed by atoms with van der Waals surface area (Å²) >= 11 is 0. The number of hydrogen-bond donors (Lipinski definition) is 3. The first-order valence-corrected chi connectivity index (χ1v) is 6.01. The summed E-state index contributed by atoms with van der Waals surface area (Å²) < 4.78 is 0. The molecule has 15 heavy (non-hydrogen) atoms. The maximum absolute atomic E-state index is 5.37. The van der Waals surface area contributed by atoms with E-state index in [2.05, 4.69) is 22.7 Å². The van der Waals surface area contributed by atoms with Gasteiger partial charge >= 0.3 is 0 Å². The van der Waals surface area contributed by atoms with Gasteiger partial charge in [0.2, 0.25) is 5.96 Å². The second-order valence-electron chi connectivity index (χ2n) is 4.27. The predicted octanol–water partition coefficient (Wildman–Crippen LogP) is 1.38. The van der Waals surface area contributed by atoms with Crippen LogP contribution in [0.5, 0.6) is 0 Å². The minimum Gasteiger partial charge on any atom is -0.352 e. The number of guanidine groups is 1. The van der Waals surface area contributed by atoms with Crippen LogP contribution in [-0.4, -0.2) is 19.0 Å². The lowest BCUT2D eigenvalue weighted by Gasteiger charge is -2.31. The number of hydrogen-bond acceptors (Lipinski definition) is 2. The second kappa shape index (κ2) is 6.67. The van der Waals surface area contributed by atoms with E-state index in [1.54, 1.807) is 7.05 Å². The highest BCUT2D eigenvalue weighted by molar-refractivity contribution is 5.79. The normalized spacial score (nSPS) is 21.1. The van der Waals surface area contributed by atoms with Crippen LogP contribution < -0.4 is 16.6 Å². The van der Waals surface area contributed by atoms with E-state index in [0.717, 1.165) is 12.3 Å². The lowest BCUT2D eigenvalue weighted by atomic mass is 9.83. The Morgan fingerprint density at radius 2 is 2.07 bits per heavy atom. The molecule has 0 aromatic heterocycles. The summed E-state index contributed by atoms with van der Waals surface area (Å²) in [6, 6.07) is 0.514. The van der Waals surface area contributed by atoms with Gasteiger partial charge in [-0.25, -0.2) is 5.84 Å². The molecule has 88 valence electrons. The fourth-order valence-corrected chi connectivity index (χ4v) is 2.44. The van der Waals surface area contributed by atoms with E-state index in [9.17, 15) is 0 Å². The van der Waals surface area contributed by atoms with Crippen molar-refractivity contribution >= 4 is 5.96 Å². The quantitative estimate of drug-likeness (QED) is 0.287. The molecule has 0 aliphatic heterocycles. The highest BCUT2D eigenvalue weighted by atomic mass is 15.3. The Kier molecular flexibility index (Phi) is 5.47. The van der Waals surface area contributed by atoms with Crippen LogP contribution in [0.3, 0.4) is 0 Å². The van der Waals surface area contributed by atoms with Crippen LogP contribution in [0.2, 0.25) is 0 Å². The first kappa shape index (κ1) is 12.3. The molecule has 4 nitrogen and oxygen atoms in total. The molecule has 0 saturated heterocycles. The highest BCUT2D eigenvalue weighted by Gasteiger charge is 2.22. The summed E-state index contributed by atoms with van der Waals surface area (Å²) in [7, 11) is 1.75. The maximum Gasteiger partial charge on any atom is 0.205 e. The summed E-state index contributed by atoms with van der Waals surface area (Å²) in [6.45, 7) is 2.22. The van der Waals surface area contributed by atoms with Crippen LogP contribution in [0.25, 0.3) is 0 Å². The fourth-order valence-electron chi connectivity index (χ4n) is 2.44. The van der Waals surface area contributed by atoms with Crippen molar-refractivity contribution in [2.75, 3.05) is 7.05 Å². The van der Waals surface area contributed by atoms with E-state index < -0.39 is 0 Å². The molecule has 0 radical (unpaired) electrons. The van der Waals surface area contributed by atoms with Crippen LogP contribution in [0.15, 0.2) is 4.99 Å². The van der Waals surface area contributed by atoms with Crippen LogP contribution in [0.4, 0.5) is 0 Å². The Bertz CT molecular complexity index is 197. The predicted molar refractivity (Wildman–Crippen MR) is 64.5 cm³/mol. The standard InChI is InChI=1S/C11H24N4/c1-3-10(14-11(13-2)15-12)9-7-5-4-6-8-9/h9-10H,3-8,12H2,1-2H3,(H2,13,14,15). The molecule has 0 heterocycles. The van der Waals surface area contributed by atoms with E-state index >= 15 is 0 Å². The summed E-state index contributed by atoms with van der Waals surface area (Å²) in [4.78, 5) is 4.06. The van der Waals surface area contributed by atoms with Crippen molar-refractivity contribution in [1.82, 2.24) is 10.7 Å². The summed E-state index contributed by atoms with van der Waals surface area (Å²) in [5.74, 6) is 6.86. The Morgan fingerprint density at radius 3 is 2.53 bits per heavy atom. The van der Waals surface area contributed by atoms with Gasteiger partial charge in [-0.3, -0.25) is 10.4 Å². The SMILES string of the molecule is CCC(NC(=NC)NN)C1CCCCC1. The molecule has 4 heteroatoms. The molecular formula is C11H24N4. The lowest BCUT2D eigenvalue weighted by Crippen LogP contribution is -2.49. The number of nitrogens with one attached hydrogen (secondary N) is 2. The molecule has 1 aliphatic carbocycles. The molecule has 1 rings (SSSR count). The van der Waals surface area contributed by atoms with Crippen molar-refractivity contribution in [3.05, 3.63) is 0 Å². The van der Waals surface area contributed by atoms with Gasteiger partial charge in [0.25, 0.3) is 0 Å². The summed E-state index contributed by atoms with van der Waals surface area (Å²) in [6.07, 6.45) is 7.96. The van der Waals surface area contributed by atoms with E-state index in [1.807, 2.05) is 0 Å². The zero-order chi connectivity index (χ0) is 11.1. The van der Waals surface area contributed by atoms with Gasteiger partial charge in [0.1, 0.15) is 0 Å². The van der Waals surface area contributed by atoms with Gasteiger partial charge in [-0.2, -0.15) is 0 Å². The third-order valence-electron chi connectivity index (χ3n) is 3.34. The van der Waals surface area contributed by atoms with Gasteiger partial charge in [-0.05, 0) is 25.2 Å². The molecule has 0 spiro atoms. The zero-order valence-electron chi connectivity index (χ0n) is 9.92. The number of nitrogens with two attached hydrogens (primary N) is 1. The van der Waals surface area contributed by atoms with Gasteiger partial charge in [0.15, 0.2) is 0 Å². The average Bonchev–Trinajstić information content (AvgIpc) is 2.32. The highest BCUT2D eigenvalue weighted by Crippen LogP contribution is 2.27. The van der Waals surface area contributed by atoms with Gasteiger partial charge in [0, 0.05) is 13.1 Å². The first-order chi connectivity index (χ1) is 7.31. The van der Waals surface area contributed by atoms with Gasteiger partial charge in [-0.15, -0.1) is 0 Å². The minimum atomic E-state index is 0.514. The average molecular weight is 212 g/mol. The van der Waals surface area contributed by atoms with Gasteiger partial charge in [0.05, 0.1) is 0 Å². The number of hydrazine groups is 1. The largest absolute Gasteiger partial charge is 0.352 e. The molecule has 1 fully saturated rings. The maximum atomic E-state index is 5.37. The molecule has 1 atom stereocenters. The van der Waals surface area contributed by atoms with Gasteiger partial charge in [-0.1, -0.05) is 26.2 Å². The molecule has 0 aromatic carbocycles. The topological polar surface area (TPSA) is 62.4 Å². The molecule has 1 aliphatic rings. The zero-order valence-corrected chi connectivity index (χ0v) is 9.92. The van der Waals surface area contributed by atoms with Crippen LogP contribution in [0, 0.1) is 5.92 Å². The van der Waals surface area contributed by atoms with E-state index in [1.165, 1.54) is 32.1 Å². The van der Waals surface area contributed by atoms with Gasteiger partial charge < -0.3 is 5.32 Å². The van der Waals surface area contributed by atoms with Crippen LogP contribution in [-0.2, 0) is 0 Å². The van der Waals surface area contributed by atoms with Crippen molar-refractivity contribution in [2.24, 2.45) is 16.8 Å². The molecule has 4 N–H and O–H groups in total. The molecule has 0 amide bonds. The Labute approximate surface area is 92.7 Å². The number of nitrogens with zero attached hydrogens (tertiary/aromatic N) is 1. The van der Waals surface area contributed by atoms with Crippen molar-refractivity contribution in [3.8, 4) is 0 Å². The second-order valence-corrected chi connectivity index (χ2v) is 4.27. The summed E-state index contributed by atoms with van der Waals surface area (Å²) in [5.41, 5.74) is 2.59. The van der Waals surface area contributed by atoms with E-state index in [0.29, 0.717) is 12.0 Å². The molecular weight excluding hydrogens is 188 g/mol. The van der Waals surface area contributed by atoms with E-state index in [-0.39, 0.29) is 0 Å². The first-order valence-electron chi connectivity index (χ1n) is 6.01. The minimum absolute atomic E-state index is 0.514. The smallest absolute Gasteiger partial charge is 0.205 e. The van der Waals surface area contributed by atoms with Crippen LogP contribution in [0.1, 0.15) is 45.4 Å². The lowest BCUT2D eigenvalue weighted by molar-refractivity contribution is 0.282. The Hall–Kier alpha value is -0.770. The van der Waals surface area contributed by atoms with E-state index in [4.69, 9.17) is 5.84 Å². The third kappa shape index (κ3) is 3.70. The van der Waals surface area contributed by atoms with Crippen molar-refractivity contribution in [3.63, 3.8) is 0 Å². The third-order valence-corrected chi connectivity index (χ3v) is 3.34. The molecule has 1 unspecified atom stereocenters. The number of rotatable bonds is 3. The molecule has 1 saturated carbocycles. The number of aliphatic imine (C=N–C) groups is 1. The van der Waals surface area contributed by atoms with Crippen LogP contribution >= 0.6 is 0 Å². The van der Waals surface area contributed by atoms with Crippen molar-refractivity contribution in [2.45, 2.75) is 51.5 Å². The summed E-state index contributed by atoms with van der Waals surface area (Å²) in [5, 5.41) is 3.39. The molecule has 0 aromatic rings.